The number of nitrogens with two attached hydrogens (primary N) is 1. The van der Waals surface area contributed by atoms with Gasteiger partial charge in [-0.2, -0.15) is 0 Å². The number of nitrogens with zero attached hydrogens (tertiary/aromatic N) is 3. The molecule has 0 aromatic carbocycles. The molecule has 18 heavy (non-hydrogen) atoms. The highest BCUT2D eigenvalue weighted by atomic mass is 32.1. The normalized spacial score (nSPS) is 20.4. The lowest BCUT2D eigenvalue weighted by atomic mass is 10.3. The Morgan fingerprint density at radius 1 is 1.44 bits per heavy atom. The first-order valence-corrected chi connectivity index (χ1v) is 7.03. The van der Waals surface area contributed by atoms with Gasteiger partial charge < -0.3 is 5.73 Å². The van der Waals surface area contributed by atoms with E-state index in [4.69, 9.17) is 5.73 Å². The summed E-state index contributed by atoms with van der Waals surface area (Å²) in [6, 6.07) is 6.24. The van der Waals surface area contributed by atoms with Crippen LogP contribution >= 0.6 is 11.3 Å². The fourth-order valence-electron chi connectivity index (χ4n) is 2.22. The number of aromatic nitrogens is 2. The third-order valence-corrected chi connectivity index (χ3v) is 4.04. The Hall–Kier alpha value is -1.30. The second kappa shape index (κ2) is 5.14. The van der Waals surface area contributed by atoms with Gasteiger partial charge in [-0.05, 0) is 18.6 Å². The minimum atomic E-state index is 0.332. The van der Waals surface area contributed by atoms with Crippen molar-refractivity contribution < 1.29 is 0 Å². The maximum Gasteiger partial charge on any atom is 0.142 e. The van der Waals surface area contributed by atoms with Crippen LogP contribution in [-0.2, 0) is 6.54 Å². The largest absolute Gasteiger partial charge is 0.326 e. The van der Waals surface area contributed by atoms with E-state index in [0.717, 1.165) is 42.5 Å². The Kier molecular flexibility index (Phi) is 3.36. The second-order valence-corrected chi connectivity index (χ2v) is 5.50. The van der Waals surface area contributed by atoms with Crippen molar-refractivity contribution in [2.75, 3.05) is 13.1 Å². The minimum absolute atomic E-state index is 0.332. The van der Waals surface area contributed by atoms with E-state index in [2.05, 4.69) is 20.2 Å². The maximum atomic E-state index is 5.91. The Morgan fingerprint density at radius 3 is 3.11 bits per heavy atom. The van der Waals surface area contributed by atoms with E-state index in [1.807, 2.05) is 18.2 Å². The van der Waals surface area contributed by atoms with Crippen molar-refractivity contribution in [2.24, 2.45) is 5.73 Å². The van der Waals surface area contributed by atoms with Crippen LogP contribution in [0.1, 0.15) is 12.1 Å². The first-order valence-electron chi connectivity index (χ1n) is 6.15. The quantitative estimate of drug-likeness (QED) is 0.913. The smallest absolute Gasteiger partial charge is 0.142 e. The van der Waals surface area contributed by atoms with Crippen molar-refractivity contribution in [1.82, 2.24) is 14.9 Å². The topological polar surface area (TPSA) is 55.0 Å². The Morgan fingerprint density at radius 2 is 2.39 bits per heavy atom. The van der Waals surface area contributed by atoms with Gasteiger partial charge in [0.1, 0.15) is 5.01 Å². The summed E-state index contributed by atoms with van der Waals surface area (Å²) in [5.41, 5.74) is 7.98. The fraction of sp³-hybridized carbons (Fsp3) is 0.385. The summed E-state index contributed by atoms with van der Waals surface area (Å²) >= 11 is 1.66. The third kappa shape index (κ3) is 2.58. The van der Waals surface area contributed by atoms with E-state index in [9.17, 15) is 0 Å². The predicted molar refractivity (Wildman–Crippen MR) is 73.2 cm³/mol. The molecule has 1 atom stereocenters. The van der Waals surface area contributed by atoms with Crippen LogP contribution in [0, 0.1) is 0 Å². The van der Waals surface area contributed by atoms with Gasteiger partial charge in [-0.15, -0.1) is 11.3 Å². The highest BCUT2D eigenvalue weighted by molar-refractivity contribution is 7.13. The predicted octanol–water partition coefficient (Wildman–Crippen LogP) is 1.74. The molecule has 3 heterocycles. The van der Waals surface area contributed by atoms with Gasteiger partial charge in [0.25, 0.3) is 0 Å². The molecule has 0 saturated carbocycles. The summed E-state index contributed by atoms with van der Waals surface area (Å²) < 4.78 is 0. The van der Waals surface area contributed by atoms with Crippen molar-refractivity contribution in [3.63, 3.8) is 0 Å². The summed E-state index contributed by atoms with van der Waals surface area (Å²) in [5.74, 6) is 0. The molecule has 0 bridgehead atoms. The molecule has 0 unspecified atom stereocenters. The van der Waals surface area contributed by atoms with Crippen LogP contribution in [0.15, 0.2) is 29.8 Å². The third-order valence-electron chi connectivity index (χ3n) is 3.13. The minimum Gasteiger partial charge on any atom is -0.326 e. The van der Waals surface area contributed by atoms with Crippen LogP contribution in [0.4, 0.5) is 0 Å². The van der Waals surface area contributed by atoms with Gasteiger partial charge in [0.2, 0.25) is 0 Å². The average Bonchev–Trinajstić information content (AvgIpc) is 3.01. The molecule has 0 radical (unpaired) electrons. The van der Waals surface area contributed by atoms with E-state index < -0.39 is 0 Å². The molecule has 1 aliphatic rings. The maximum absolute atomic E-state index is 5.91. The summed E-state index contributed by atoms with van der Waals surface area (Å²) in [7, 11) is 0. The number of hydrogen-bond donors (Lipinski definition) is 1. The summed E-state index contributed by atoms with van der Waals surface area (Å²) in [6.07, 6.45) is 2.90. The SMILES string of the molecule is N[C@H]1CCN(Cc2csc(-c3ccccn3)n2)C1. The van der Waals surface area contributed by atoms with Crippen molar-refractivity contribution in [3.05, 3.63) is 35.5 Å². The zero-order valence-electron chi connectivity index (χ0n) is 10.1. The molecule has 0 spiro atoms. The molecular weight excluding hydrogens is 244 g/mol. The molecule has 2 N–H and O–H groups in total. The van der Waals surface area contributed by atoms with Crippen molar-refractivity contribution in [2.45, 2.75) is 19.0 Å². The van der Waals surface area contributed by atoms with E-state index in [-0.39, 0.29) is 0 Å². The van der Waals surface area contributed by atoms with Crippen LogP contribution in [-0.4, -0.2) is 34.0 Å². The van der Waals surface area contributed by atoms with Crippen LogP contribution in [0.5, 0.6) is 0 Å². The van der Waals surface area contributed by atoms with Crippen molar-refractivity contribution >= 4 is 11.3 Å². The summed E-state index contributed by atoms with van der Waals surface area (Å²) in [4.78, 5) is 11.3. The average molecular weight is 260 g/mol. The Labute approximate surface area is 110 Å². The van der Waals surface area contributed by atoms with Crippen LogP contribution in [0.25, 0.3) is 10.7 Å². The molecule has 3 rings (SSSR count). The summed E-state index contributed by atoms with van der Waals surface area (Å²) in [5, 5.41) is 3.11. The van der Waals surface area contributed by atoms with Gasteiger partial charge in [0.15, 0.2) is 0 Å². The van der Waals surface area contributed by atoms with Gasteiger partial charge in [-0.1, -0.05) is 6.07 Å². The van der Waals surface area contributed by atoms with E-state index in [1.165, 1.54) is 0 Å². The first-order chi connectivity index (χ1) is 8.81. The summed E-state index contributed by atoms with van der Waals surface area (Å²) in [6.45, 7) is 2.96. The Balaban J connectivity index is 1.70. The van der Waals surface area contributed by atoms with Gasteiger partial charge in [0, 0.05) is 37.3 Å². The molecule has 4 nitrogen and oxygen atoms in total. The number of pyridine rings is 1. The number of rotatable bonds is 3. The monoisotopic (exact) mass is 260 g/mol. The van der Waals surface area contributed by atoms with Crippen molar-refractivity contribution in [3.8, 4) is 10.7 Å². The number of likely N-dealkylation sites (tertiary alicyclic amines) is 1. The zero-order chi connectivity index (χ0) is 12.4. The van der Waals surface area contributed by atoms with Gasteiger partial charge >= 0.3 is 0 Å². The van der Waals surface area contributed by atoms with Crippen LogP contribution in [0.3, 0.4) is 0 Å². The molecule has 2 aromatic heterocycles. The van der Waals surface area contributed by atoms with Gasteiger partial charge in [0.05, 0.1) is 11.4 Å². The highest BCUT2D eigenvalue weighted by Crippen LogP contribution is 2.22. The molecule has 94 valence electrons. The molecule has 1 saturated heterocycles. The molecule has 2 aromatic rings. The molecule has 1 fully saturated rings. The van der Waals surface area contributed by atoms with E-state index in [1.54, 1.807) is 17.5 Å². The fourth-order valence-corrected chi connectivity index (χ4v) is 3.01. The van der Waals surface area contributed by atoms with Gasteiger partial charge in [-0.3, -0.25) is 9.88 Å². The first kappa shape index (κ1) is 11.8. The highest BCUT2D eigenvalue weighted by Gasteiger charge is 2.19. The van der Waals surface area contributed by atoms with Crippen LogP contribution < -0.4 is 5.73 Å². The standard InChI is InChI=1S/C13H16N4S/c14-10-4-6-17(7-10)8-11-9-18-13(16-11)12-3-1-2-5-15-12/h1-3,5,9-10H,4,6-8,14H2/t10-/m0/s1. The van der Waals surface area contributed by atoms with Crippen LogP contribution in [0.2, 0.25) is 0 Å². The zero-order valence-corrected chi connectivity index (χ0v) is 10.9. The van der Waals surface area contributed by atoms with E-state index >= 15 is 0 Å². The number of hydrogen-bond acceptors (Lipinski definition) is 5. The molecule has 5 heteroatoms. The molecule has 1 aliphatic heterocycles. The van der Waals surface area contributed by atoms with Gasteiger partial charge in [-0.25, -0.2) is 4.98 Å². The molecule has 0 aliphatic carbocycles. The van der Waals surface area contributed by atoms with Crippen molar-refractivity contribution in [1.29, 1.82) is 0 Å². The van der Waals surface area contributed by atoms with E-state index in [0.29, 0.717) is 6.04 Å². The lowest BCUT2D eigenvalue weighted by Gasteiger charge is -2.12. The lowest BCUT2D eigenvalue weighted by molar-refractivity contribution is 0.323. The number of thiazole rings is 1. The second-order valence-electron chi connectivity index (χ2n) is 4.64. The lowest BCUT2D eigenvalue weighted by Crippen LogP contribution is -2.26. The Bertz CT molecular complexity index is 511. The molecule has 0 amide bonds. The molecular formula is C13H16N4S.